The minimum atomic E-state index is -0.180. The Morgan fingerprint density at radius 2 is 0.975 bits per heavy atom. The molecule has 4 amide bonds. The molecule has 1 heterocycles. The number of hydrogen-bond donors (Lipinski definition) is 4. The minimum absolute atomic E-state index is 0.160. The maximum atomic E-state index is 13.0. The first-order valence-corrected chi connectivity index (χ1v) is 15.4. The average Bonchev–Trinajstić information content (AvgIpc) is 2.97. The number of piperazine rings is 1. The van der Waals surface area contributed by atoms with Gasteiger partial charge in [0.1, 0.15) is 0 Å². The molecule has 2 aliphatic carbocycles. The largest absolute Gasteiger partial charge is 0.370 e. The molecule has 12 heteroatoms. The Bertz CT molecular complexity index is 767. The Hall–Kier alpha value is -2.60. The summed E-state index contributed by atoms with van der Waals surface area (Å²) in [7, 11) is 3.68. The zero-order valence-electron chi connectivity index (χ0n) is 25.0. The number of nitrogens with two attached hydrogens (primary N) is 2. The molecule has 0 unspecified atom stereocenters. The van der Waals surface area contributed by atoms with E-state index < -0.39 is 0 Å². The molecule has 0 spiro atoms. The van der Waals surface area contributed by atoms with Crippen LogP contribution in [0.15, 0.2) is 0 Å². The number of urea groups is 2. The van der Waals surface area contributed by atoms with Gasteiger partial charge in [-0.1, -0.05) is 38.5 Å². The van der Waals surface area contributed by atoms with Crippen LogP contribution in [0.5, 0.6) is 0 Å². The third kappa shape index (κ3) is 9.22. The lowest BCUT2D eigenvalue weighted by molar-refractivity contribution is 0.122. The van der Waals surface area contributed by atoms with Crippen molar-refractivity contribution < 1.29 is 9.59 Å². The van der Waals surface area contributed by atoms with Crippen molar-refractivity contribution in [1.29, 1.82) is 10.8 Å². The van der Waals surface area contributed by atoms with Crippen LogP contribution in [0.3, 0.4) is 0 Å². The molecule has 1 aliphatic heterocycles. The van der Waals surface area contributed by atoms with E-state index in [1.54, 1.807) is 9.80 Å². The number of carbonyl (C=O) groups is 2. The summed E-state index contributed by atoms with van der Waals surface area (Å²) in [5.74, 6) is -0.360. The summed E-state index contributed by atoms with van der Waals surface area (Å²) in [6.07, 6.45) is 12.7. The Labute approximate surface area is 241 Å². The van der Waals surface area contributed by atoms with Crippen molar-refractivity contribution in [3.8, 4) is 0 Å². The smallest absolute Gasteiger partial charge is 0.326 e. The second-order valence-electron chi connectivity index (χ2n) is 11.8. The Morgan fingerprint density at radius 3 is 1.27 bits per heavy atom. The summed E-state index contributed by atoms with van der Waals surface area (Å²) in [5, 5.41) is 15.9. The molecule has 228 valence electrons. The van der Waals surface area contributed by atoms with Crippen molar-refractivity contribution in [2.75, 3.05) is 66.5 Å². The van der Waals surface area contributed by atoms with E-state index in [1.165, 1.54) is 22.6 Å². The second-order valence-corrected chi connectivity index (χ2v) is 11.8. The quantitative estimate of drug-likeness (QED) is 0.237. The maximum Gasteiger partial charge on any atom is 0.326 e. The van der Waals surface area contributed by atoms with E-state index in [9.17, 15) is 9.59 Å². The lowest BCUT2D eigenvalue weighted by Crippen LogP contribution is -2.52. The zero-order chi connectivity index (χ0) is 29.1. The van der Waals surface area contributed by atoms with Gasteiger partial charge in [0, 0.05) is 65.4 Å². The second kappa shape index (κ2) is 16.0. The Kier molecular flexibility index (Phi) is 12.8. The molecule has 0 bridgehead atoms. The van der Waals surface area contributed by atoms with Gasteiger partial charge < -0.3 is 31.1 Å². The first kappa shape index (κ1) is 31.9. The summed E-state index contributed by atoms with van der Waals surface area (Å²) >= 11 is 0. The molecule has 0 radical (unpaired) electrons. The fourth-order valence-corrected chi connectivity index (χ4v) is 6.41. The van der Waals surface area contributed by atoms with Gasteiger partial charge in [0.25, 0.3) is 0 Å². The maximum absolute atomic E-state index is 13.0. The van der Waals surface area contributed by atoms with Crippen molar-refractivity contribution in [2.45, 2.75) is 89.1 Å². The Morgan fingerprint density at radius 1 is 0.650 bits per heavy atom. The van der Waals surface area contributed by atoms with Gasteiger partial charge in [-0.2, -0.15) is 0 Å². The van der Waals surface area contributed by atoms with Crippen LogP contribution in [0.4, 0.5) is 9.59 Å². The summed E-state index contributed by atoms with van der Waals surface area (Å²) in [4.78, 5) is 37.2. The highest BCUT2D eigenvalue weighted by Crippen LogP contribution is 2.23. The van der Waals surface area contributed by atoms with Crippen LogP contribution in [0.25, 0.3) is 0 Å². The molecular weight excluding hydrogens is 508 g/mol. The molecule has 0 aromatic rings. The van der Waals surface area contributed by atoms with E-state index in [2.05, 4.69) is 9.80 Å². The fraction of sp³-hybridized carbons (Fsp3) is 0.857. The van der Waals surface area contributed by atoms with Crippen molar-refractivity contribution in [3.05, 3.63) is 0 Å². The molecular formula is C28H54N10O2. The number of carbonyl (C=O) groups excluding carboxylic acids is 2. The highest BCUT2D eigenvalue weighted by molar-refractivity contribution is 5.94. The van der Waals surface area contributed by atoms with E-state index in [0.717, 1.165) is 103 Å². The van der Waals surface area contributed by atoms with Crippen LogP contribution in [0.1, 0.15) is 77.0 Å². The van der Waals surface area contributed by atoms with Gasteiger partial charge in [0.2, 0.25) is 0 Å². The number of nitrogens with zero attached hydrogens (tertiary/aromatic N) is 6. The summed E-state index contributed by atoms with van der Waals surface area (Å²) in [6.45, 7) is 6.39. The minimum Gasteiger partial charge on any atom is -0.370 e. The fourth-order valence-electron chi connectivity index (χ4n) is 6.41. The van der Waals surface area contributed by atoms with Gasteiger partial charge >= 0.3 is 12.1 Å². The van der Waals surface area contributed by atoms with E-state index in [4.69, 9.17) is 22.3 Å². The van der Waals surface area contributed by atoms with E-state index >= 15 is 0 Å². The lowest BCUT2D eigenvalue weighted by Gasteiger charge is -2.37. The Balaban J connectivity index is 1.35. The highest BCUT2D eigenvalue weighted by Gasteiger charge is 2.29. The highest BCUT2D eigenvalue weighted by atomic mass is 16.2. The predicted octanol–water partition coefficient (Wildman–Crippen LogP) is 2.54. The third-order valence-corrected chi connectivity index (χ3v) is 9.07. The van der Waals surface area contributed by atoms with Gasteiger partial charge in [-0.05, 0) is 51.6 Å². The summed E-state index contributed by atoms with van der Waals surface area (Å²) < 4.78 is 0. The van der Waals surface area contributed by atoms with Crippen molar-refractivity contribution in [3.63, 3.8) is 0 Å². The SMILES string of the molecule is CN(C(=O)N(CCCN1CCN(CCCN(C(=N)N)C(=O)N(C)C2CCCCC2)CC1)C(=N)N)C1CCCCC1. The van der Waals surface area contributed by atoms with E-state index in [-0.39, 0.29) is 36.1 Å². The van der Waals surface area contributed by atoms with Crippen LogP contribution in [-0.2, 0) is 0 Å². The standard InChI is InChI=1S/C28H54N10O2/c1-33(23-11-5-3-6-12-23)27(39)37(25(29)30)17-9-15-35-19-21-36(22-20-35)16-10-18-38(26(31)32)28(40)34(2)24-13-7-4-8-14-24/h23-24H,3-22H2,1-2H3,(H3,29,30)(H3,31,32). The van der Waals surface area contributed by atoms with Crippen molar-refractivity contribution in [2.24, 2.45) is 11.5 Å². The third-order valence-electron chi connectivity index (χ3n) is 9.07. The van der Waals surface area contributed by atoms with Gasteiger partial charge in [0.05, 0.1) is 0 Å². The zero-order valence-corrected chi connectivity index (χ0v) is 25.0. The molecule has 1 saturated heterocycles. The van der Waals surface area contributed by atoms with Crippen LogP contribution < -0.4 is 11.5 Å². The van der Waals surface area contributed by atoms with Crippen molar-refractivity contribution in [1.82, 2.24) is 29.4 Å². The van der Waals surface area contributed by atoms with Crippen LogP contribution >= 0.6 is 0 Å². The molecule has 3 aliphatic rings. The summed E-state index contributed by atoms with van der Waals surface area (Å²) in [5.41, 5.74) is 11.6. The van der Waals surface area contributed by atoms with Crippen LogP contribution in [0.2, 0.25) is 0 Å². The average molecular weight is 563 g/mol. The summed E-state index contributed by atoms with van der Waals surface area (Å²) in [6, 6.07) is 0.170. The molecule has 12 nitrogen and oxygen atoms in total. The molecule has 2 saturated carbocycles. The van der Waals surface area contributed by atoms with E-state index in [0.29, 0.717) is 13.1 Å². The number of amides is 4. The number of guanidine groups is 2. The van der Waals surface area contributed by atoms with Crippen LogP contribution in [0, 0.1) is 10.8 Å². The van der Waals surface area contributed by atoms with Crippen LogP contribution in [-0.4, -0.2) is 132 Å². The molecule has 3 fully saturated rings. The van der Waals surface area contributed by atoms with Gasteiger partial charge in [-0.3, -0.25) is 20.6 Å². The molecule has 40 heavy (non-hydrogen) atoms. The molecule has 3 rings (SSSR count). The normalized spacial score (nSPS) is 19.6. The van der Waals surface area contributed by atoms with Gasteiger partial charge in [-0.15, -0.1) is 0 Å². The van der Waals surface area contributed by atoms with Gasteiger partial charge in [-0.25, -0.2) is 9.59 Å². The molecule has 0 aromatic carbocycles. The van der Waals surface area contributed by atoms with Crippen molar-refractivity contribution >= 4 is 24.0 Å². The number of hydrogen-bond acceptors (Lipinski definition) is 6. The van der Waals surface area contributed by atoms with E-state index in [1.807, 2.05) is 14.1 Å². The monoisotopic (exact) mass is 562 g/mol. The number of nitrogens with one attached hydrogen (secondary N) is 2. The molecule has 6 N–H and O–H groups in total. The number of rotatable bonds is 10. The predicted molar refractivity (Wildman–Crippen MR) is 159 cm³/mol. The lowest BCUT2D eigenvalue weighted by atomic mass is 9.95. The molecule has 0 aromatic heterocycles. The first-order chi connectivity index (χ1) is 19.2. The van der Waals surface area contributed by atoms with Gasteiger partial charge in [0.15, 0.2) is 11.9 Å². The topological polar surface area (TPSA) is 153 Å². The first-order valence-electron chi connectivity index (χ1n) is 15.4. The molecule has 0 atom stereocenters.